The average molecular weight is 1450 g/mol. The smallest absolute Gasteiger partial charge is 0.423 e. The van der Waals surface area contributed by atoms with E-state index in [9.17, 15) is 10.0 Å². The molecule has 0 fully saturated rings. The van der Waals surface area contributed by atoms with Crippen molar-refractivity contribution >= 4 is 115 Å². The van der Waals surface area contributed by atoms with E-state index in [0.29, 0.717) is 5.46 Å². The summed E-state index contributed by atoms with van der Waals surface area (Å²) in [4.78, 5) is 17.9. The molecule has 0 spiro atoms. The monoisotopic (exact) mass is 1440 g/mol. The summed E-state index contributed by atoms with van der Waals surface area (Å²) >= 11 is 3.44. The lowest BCUT2D eigenvalue weighted by atomic mass is 9.77. The first-order valence-electron chi connectivity index (χ1n) is 36.2. The fraction of sp³-hybridized carbons (Fsp3) is 0. The van der Waals surface area contributed by atoms with Crippen molar-refractivity contribution in [2.24, 2.45) is 0 Å². The van der Waals surface area contributed by atoms with Gasteiger partial charge in [-0.3, -0.25) is 9.97 Å². The lowest BCUT2D eigenvalue weighted by Gasteiger charge is -2.19. The quantitative estimate of drug-likeness (QED) is 0.105. The molecular formula is C100H66BBrN4O2. The number of halogens is 1. The molecule has 0 aliphatic carbocycles. The molecule has 108 heavy (non-hydrogen) atoms. The van der Waals surface area contributed by atoms with Crippen LogP contribution >= 0.6 is 15.9 Å². The van der Waals surface area contributed by atoms with Crippen LogP contribution < -0.4 is 5.46 Å². The molecule has 0 amide bonds. The zero-order valence-corrected chi connectivity index (χ0v) is 60.2. The van der Waals surface area contributed by atoms with Gasteiger partial charge in [0.25, 0.3) is 0 Å². The number of benzene rings is 16. The Bertz CT molecular complexity index is 6790. The van der Waals surface area contributed by atoms with Crippen LogP contribution in [0.15, 0.2) is 393 Å². The third-order valence-corrected chi connectivity index (χ3v) is 21.2. The summed E-state index contributed by atoms with van der Waals surface area (Å²) in [5.74, 6) is 0. The molecule has 20 aromatic rings. The van der Waals surface area contributed by atoms with Crippen molar-refractivity contribution in [1.82, 2.24) is 19.9 Å². The zero-order valence-electron chi connectivity index (χ0n) is 58.6. The van der Waals surface area contributed by atoms with Gasteiger partial charge in [0, 0.05) is 51.5 Å². The Hall–Kier alpha value is -13.3. The molecule has 0 radical (unpaired) electrons. The predicted octanol–water partition coefficient (Wildman–Crippen LogP) is 25.3. The maximum atomic E-state index is 10.1. The second-order valence-corrected chi connectivity index (χ2v) is 28.1. The largest absolute Gasteiger partial charge is 0.488 e. The average Bonchev–Trinajstić information content (AvgIpc) is 0.732. The van der Waals surface area contributed by atoms with Crippen LogP contribution in [-0.4, -0.2) is 37.1 Å². The zero-order chi connectivity index (χ0) is 72.4. The summed E-state index contributed by atoms with van der Waals surface area (Å²) < 4.78 is 1.07. The van der Waals surface area contributed by atoms with Crippen LogP contribution in [0.1, 0.15) is 0 Å². The standard InChI is InChI=1S/C50H32N2.C34H23BO2.C16H11BrN2/c1-3-10-38-30-41(22-18-33(38)8-1)49-43-12-5-6-13-44(43)50(42-23-19-34-9-2-4-11-39(34)31-42)46-32-40(24-25-45(46)49)35-16-20-36(21-17-35)47-14-7-15-48(52-47)37-26-28-51-29-27-37;36-35(37)28-17-18-31-32(21-28)34(27-16-14-23-8-2-4-10-25(23)20-27)30-12-6-5-11-29(30)33(31)26-15-13-22-7-1-3-9-24(22)19-26;17-14-6-4-12(5-7-14)15-2-1-3-16(19-15)13-8-10-18-11-9-13/h1-32H;1-21,36-37H;1-11H. The summed E-state index contributed by atoms with van der Waals surface area (Å²) in [6, 6.07) is 128. The highest BCUT2D eigenvalue weighted by molar-refractivity contribution is 9.10. The van der Waals surface area contributed by atoms with E-state index in [1.54, 1.807) is 24.8 Å². The molecule has 0 bridgehead atoms. The molecule has 4 heterocycles. The van der Waals surface area contributed by atoms with Crippen LogP contribution in [0.25, 0.3) is 187 Å². The predicted molar refractivity (Wildman–Crippen MR) is 457 cm³/mol. The molecule has 0 aliphatic rings. The Morgan fingerprint density at radius 2 is 0.481 bits per heavy atom. The molecule has 8 heteroatoms. The lowest BCUT2D eigenvalue weighted by molar-refractivity contribution is 0.426. The van der Waals surface area contributed by atoms with Gasteiger partial charge in [0.2, 0.25) is 0 Å². The summed E-state index contributed by atoms with van der Waals surface area (Å²) in [6.07, 6.45) is 7.18. The molecular weight excluding hydrogens is 1380 g/mol. The highest BCUT2D eigenvalue weighted by Crippen LogP contribution is 2.48. The van der Waals surface area contributed by atoms with Crippen molar-refractivity contribution < 1.29 is 10.0 Å². The Balaban J connectivity index is 0.000000127. The van der Waals surface area contributed by atoms with Gasteiger partial charge >= 0.3 is 7.12 Å². The molecule has 0 saturated heterocycles. The number of rotatable bonds is 10. The van der Waals surface area contributed by atoms with Crippen molar-refractivity contribution in [2.75, 3.05) is 0 Å². The van der Waals surface area contributed by atoms with Crippen molar-refractivity contribution in [3.8, 4) is 101 Å². The number of aromatic nitrogens is 4. The summed E-state index contributed by atoms with van der Waals surface area (Å²) in [6.45, 7) is 0. The molecule has 6 nitrogen and oxygen atoms in total. The first-order valence-corrected chi connectivity index (χ1v) is 37.0. The Morgan fingerprint density at radius 1 is 0.204 bits per heavy atom. The Morgan fingerprint density at radius 3 is 0.852 bits per heavy atom. The van der Waals surface area contributed by atoms with Gasteiger partial charge in [0.05, 0.1) is 22.8 Å². The molecule has 508 valence electrons. The van der Waals surface area contributed by atoms with Crippen LogP contribution in [0.5, 0.6) is 0 Å². The first kappa shape index (κ1) is 66.6. The molecule has 0 atom stereocenters. The SMILES string of the molecule is Brc1ccc(-c2cccc(-c3ccncc3)n2)cc1.OB(O)c1ccc2c(-c3ccc4ccccc4c3)c3ccccc3c(-c3ccc4ccccc4c3)c2c1.c1cc(-c2ccncc2)nc(-c2ccc(-c3ccc4c(-c5ccc6ccccc6c5)c5ccccc5c(-c5ccc6ccccc6c5)c4c3)cc2)c1. The van der Waals surface area contributed by atoms with Crippen LogP contribution in [0.4, 0.5) is 0 Å². The maximum absolute atomic E-state index is 10.1. The summed E-state index contributed by atoms with van der Waals surface area (Å²) in [5, 5.41) is 39.3. The van der Waals surface area contributed by atoms with E-state index >= 15 is 0 Å². The minimum absolute atomic E-state index is 0.481. The van der Waals surface area contributed by atoms with Crippen molar-refractivity contribution in [1.29, 1.82) is 0 Å². The van der Waals surface area contributed by atoms with Crippen molar-refractivity contribution in [3.63, 3.8) is 0 Å². The third kappa shape index (κ3) is 13.2. The summed E-state index contributed by atoms with van der Waals surface area (Å²) in [7, 11) is -1.54. The molecule has 20 rings (SSSR count). The molecule has 0 aliphatic heterocycles. The normalized spacial score (nSPS) is 11.3. The second kappa shape index (κ2) is 29.3. The van der Waals surface area contributed by atoms with Gasteiger partial charge in [-0.05, 0) is 238 Å². The van der Waals surface area contributed by atoms with E-state index < -0.39 is 7.12 Å². The van der Waals surface area contributed by atoms with Crippen LogP contribution in [-0.2, 0) is 0 Å². The molecule has 4 aromatic heterocycles. The number of nitrogens with zero attached hydrogens (tertiary/aromatic N) is 4. The third-order valence-electron chi connectivity index (χ3n) is 20.6. The summed E-state index contributed by atoms with van der Waals surface area (Å²) in [5.41, 5.74) is 20.5. The van der Waals surface area contributed by atoms with Gasteiger partial charge in [0.1, 0.15) is 0 Å². The van der Waals surface area contributed by atoms with Gasteiger partial charge < -0.3 is 10.0 Å². The number of hydrogen-bond acceptors (Lipinski definition) is 6. The van der Waals surface area contributed by atoms with E-state index in [1.165, 1.54) is 103 Å². The fourth-order valence-corrected chi connectivity index (χ4v) is 15.6. The van der Waals surface area contributed by atoms with Gasteiger partial charge in [0.15, 0.2) is 0 Å². The van der Waals surface area contributed by atoms with E-state index in [2.05, 4.69) is 311 Å². The second-order valence-electron chi connectivity index (χ2n) is 27.2. The minimum Gasteiger partial charge on any atom is -0.423 e. The van der Waals surface area contributed by atoms with E-state index in [1.807, 2.05) is 78.9 Å². The Kier molecular flexibility index (Phi) is 18.1. The van der Waals surface area contributed by atoms with Crippen LogP contribution in [0.2, 0.25) is 0 Å². The fourth-order valence-electron chi connectivity index (χ4n) is 15.3. The van der Waals surface area contributed by atoms with Crippen molar-refractivity contribution in [2.45, 2.75) is 0 Å². The van der Waals surface area contributed by atoms with Crippen LogP contribution in [0, 0.1) is 0 Å². The molecule has 0 saturated carbocycles. The van der Waals surface area contributed by atoms with Crippen molar-refractivity contribution in [3.05, 3.63) is 393 Å². The molecule has 2 N–H and O–H groups in total. The molecule has 0 unspecified atom stereocenters. The van der Waals surface area contributed by atoms with Crippen LogP contribution in [0.3, 0.4) is 0 Å². The topological polar surface area (TPSA) is 92.0 Å². The molecule has 16 aromatic carbocycles. The van der Waals surface area contributed by atoms with Gasteiger partial charge in [-0.2, -0.15) is 0 Å². The van der Waals surface area contributed by atoms with Gasteiger partial charge in [-0.15, -0.1) is 0 Å². The van der Waals surface area contributed by atoms with Gasteiger partial charge in [-0.25, -0.2) is 9.97 Å². The van der Waals surface area contributed by atoms with E-state index in [-0.39, 0.29) is 0 Å². The van der Waals surface area contributed by atoms with E-state index in [4.69, 9.17) is 9.97 Å². The highest BCUT2D eigenvalue weighted by Gasteiger charge is 2.22. The maximum Gasteiger partial charge on any atom is 0.488 e. The minimum atomic E-state index is -1.54. The number of hydrogen-bond donors (Lipinski definition) is 2. The Labute approximate surface area is 634 Å². The number of fused-ring (bicyclic) bond motifs is 8. The first-order chi connectivity index (χ1) is 53.3. The van der Waals surface area contributed by atoms with E-state index in [0.717, 1.165) is 87.9 Å². The van der Waals surface area contributed by atoms with Gasteiger partial charge in [-0.1, -0.05) is 289 Å². The number of pyridine rings is 4. The highest BCUT2D eigenvalue weighted by atomic mass is 79.9. The lowest BCUT2D eigenvalue weighted by Crippen LogP contribution is -2.29.